The maximum absolute atomic E-state index is 11.5. The zero-order valence-electron chi connectivity index (χ0n) is 15.0. The number of ether oxygens (including phenoxy) is 1. The third-order valence-electron chi connectivity index (χ3n) is 4.63. The highest BCUT2D eigenvalue weighted by molar-refractivity contribution is 7.90. The summed E-state index contributed by atoms with van der Waals surface area (Å²) in [4.78, 5) is 2.57. The Morgan fingerprint density at radius 2 is 1.96 bits per heavy atom. The van der Waals surface area contributed by atoms with E-state index in [1.807, 2.05) is 6.92 Å². The first kappa shape index (κ1) is 19.2. The molecule has 2 rings (SSSR count). The van der Waals surface area contributed by atoms with Crippen LogP contribution >= 0.6 is 0 Å². The highest BCUT2D eigenvalue weighted by atomic mass is 32.2. The molecule has 0 aromatic heterocycles. The van der Waals surface area contributed by atoms with Gasteiger partial charge in [0.25, 0.3) is 0 Å². The van der Waals surface area contributed by atoms with Crippen molar-refractivity contribution in [2.75, 3.05) is 32.5 Å². The number of likely N-dealkylation sites (tertiary alicyclic amines) is 1. The summed E-state index contributed by atoms with van der Waals surface area (Å²) in [7, 11) is -3.19. The van der Waals surface area contributed by atoms with Gasteiger partial charge in [0.15, 0.2) is 9.84 Å². The molecule has 1 heterocycles. The Balaban J connectivity index is 1.91. The van der Waals surface area contributed by atoms with E-state index in [9.17, 15) is 13.5 Å². The fourth-order valence-corrected chi connectivity index (χ4v) is 3.61. The minimum atomic E-state index is -3.19. The van der Waals surface area contributed by atoms with E-state index in [0.717, 1.165) is 19.5 Å². The Labute approximate surface area is 145 Å². The molecule has 24 heavy (non-hydrogen) atoms. The van der Waals surface area contributed by atoms with Crippen molar-refractivity contribution in [3.63, 3.8) is 0 Å². The Morgan fingerprint density at radius 1 is 1.33 bits per heavy atom. The lowest BCUT2D eigenvalue weighted by Crippen LogP contribution is -2.37. The van der Waals surface area contributed by atoms with Gasteiger partial charge in [0.2, 0.25) is 0 Å². The number of aliphatic hydroxyl groups is 1. The second-order valence-corrected chi connectivity index (χ2v) is 9.54. The van der Waals surface area contributed by atoms with Crippen molar-refractivity contribution >= 4 is 9.84 Å². The van der Waals surface area contributed by atoms with E-state index in [-0.39, 0.29) is 10.8 Å². The number of nitrogens with zero attached hydrogens (tertiary/aromatic N) is 1. The molecule has 2 atom stereocenters. The van der Waals surface area contributed by atoms with Crippen LogP contribution in [0.25, 0.3) is 0 Å². The lowest BCUT2D eigenvalue weighted by molar-refractivity contribution is 0.0134. The van der Waals surface area contributed by atoms with Crippen molar-refractivity contribution in [2.24, 2.45) is 11.8 Å². The van der Waals surface area contributed by atoms with Crippen molar-refractivity contribution in [1.82, 2.24) is 4.90 Å². The second kappa shape index (κ2) is 7.42. The molecule has 6 heteroatoms. The second-order valence-electron chi connectivity index (χ2n) is 7.53. The fraction of sp³-hybridized carbons (Fsp3) is 0.667. The van der Waals surface area contributed by atoms with Gasteiger partial charge < -0.3 is 9.84 Å². The maximum atomic E-state index is 11.5. The number of benzene rings is 1. The van der Waals surface area contributed by atoms with Crippen molar-refractivity contribution < 1.29 is 18.3 Å². The zero-order chi connectivity index (χ0) is 18.0. The van der Waals surface area contributed by atoms with Crippen molar-refractivity contribution in [3.05, 3.63) is 24.3 Å². The predicted molar refractivity (Wildman–Crippen MR) is 95.1 cm³/mol. The van der Waals surface area contributed by atoms with Gasteiger partial charge in [0, 0.05) is 25.3 Å². The number of rotatable bonds is 7. The molecule has 0 radical (unpaired) electrons. The van der Waals surface area contributed by atoms with E-state index in [1.54, 1.807) is 24.3 Å². The van der Waals surface area contributed by atoms with Crippen LogP contribution in [-0.2, 0) is 9.84 Å². The number of hydrogen-bond acceptors (Lipinski definition) is 5. The molecule has 1 fully saturated rings. The Morgan fingerprint density at radius 3 is 2.50 bits per heavy atom. The third kappa shape index (κ3) is 5.19. The third-order valence-corrected chi connectivity index (χ3v) is 5.76. The first-order valence-corrected chi connectivity index (χ1v) is 10.3. The van der Waals surface area contributed by atoms with Crippen LogP contribution in [0.3, 0.4) is 0 Å². The quantitative estimate of drug-likeness (QED) is 0.812. The average molecular weight is 356 g/mol. The van der Waals surface area contributed by atoms with Crippen LogP contribution in [0.2, 0.25) is 0 Å². The van der Waals surface area contributed by atoms with E-state index in [4.69, 9.17) is 4.74 Å². The standard InChI is InChI=1S/C18H29NO4S/c1-14(2)9-10-19-11-15(18(3,20)13-19)12-23-16-5-7-17(8-6-16)24(4,21)22/h5-8,14-15,20H,9-13H2,1-4H3. The largest absolute Gasteiger partial charge is 0.493 e. The van der Waals surface area contributed by atoms with Gasteiger partial charge in [-0.25, -0.2) is 8.42 Å². The molecule has 1 aliphatic rings. The molecule has 1 saturated heterocycles. The summed E-state index contributed by atoms with van der Waals surface area (Å²) in [6.45, 7) is 9.17. The zero-order valence-corrected chi connectivity index (χ0v) is 15.8. The summed E-state index contributed by atoms with van der Waals surface area (Å²) in [6, 6.07) is 6.42. The molecule has 0 bridgehead atoms. The highest BCUT2D eigenvalue weighted by Crippen LogP contribution is 2.29. The smallest absolute Gasteiger partial charge is 0.175 e. The lowest BCUT2D eigenvalue weighted by Gasteiger charge is -2.24. The fourth-order valence-electron chi connectivity index (χ4n) is 2.98. The summed E-state index contributed by atoms with van der Waals surface area (Å²) >= 11 is 0. The topological polar surface area (TPSA) is 66.8 Å². The lowest BCUT2D eigenvalue weighted by atomic mass is 9.94. The molecule has 136 valence electrons. The molecule has 1 aromatic rings. The Kier molecular flexibility index (Phi) is 5.94. The van der Waals surface area contributed by atoms with E-state index in [2.05, 4.69) is 18.7 Å². The van der Waals surface area contributed by atoms with Gasteiger partial charge in [-0.15, -0.1) is 0 Å². The van der Waals surface area contributed by atoms with Crippen LogP contribution in [0.15, 0.2) is 29.2 Å². The van der Waals surface area contributed by atoms with Crippen LogP contribution in [0.4, 0.5) is 0 Å². The number of sulfone groups is 1. The minimum Gasteiger partial charge on any atom is -0.493 e. The molecule has 0 aliphatic carbocycles. The van der Waals surface area contributed by atoms with Crippen molar-refractivity contribution in [3.8, 4) is 5.75 Å². The van der Waals surface area contributed by atoms with Gasteiger partial charge in [-0.05, 0) is 50.1 Å². The van der Waals surface area contributed by atoms with Crippen molar-refractivity contribution in [1.29, 1.82) is 0 Å². The molecule has 0 amide bonds. The summed E-state index contributed by atoms with van der Waals surface area (Å²) in [5, 5.41) is 10.6. The van der Waals surface area contributed by atoms with Crippen LogP contribution in [-0.4, -0.2) is 56.5 Å². The van der Waals surface area contributed by atoms with E-state index in [1.165, 1.54) is 6.26 Å². The van der Waals surface area contributed by atoms with Gasteiger partial charge in [-0.1, -0.05) is 13.8 Å². The van der Waals surface area contributed by atoms with Crippen LogP contribution in [0, 0.1) is 11.8 Å². The monoisotopic (exact) mass is 355 g/mol. The van der Waals surface area contributed by atoms with E-state index in [0.29, 0.717) is 24.8 Å². The number of hydrogen-bond donors (Lipinski definition) is 1. The van der Waals surface area contributed by atoms with Gasteiger partial charge in [-0.2, -0.15) is 0 Å². The first-order chi connectivity index (χ1) is 11.1. The Bertz CT molecular complexity index is 637. The Hall–Kier alpha value is -1.11. The summed E-state index contributed by atoms with van der Waals surface area (Å²) in [5.74, 6) is 1.32. The summed E-state index contributed by atoms with van der Waals surface area (Å²) in [6.07, 6.45) is 2.31. The van der Waals surface area contributed by atoms with E-state index < -0.39 is 15.4 Å². The maximum Gasteiger partial charge on any atom is 0.175 e. The summed E-state index contributed by atoms with van der Waals surface area (Å²) in [5.41, 5.74) is -0.760. The summed E-state index contributed by atoms with van der Waals surface area (Å²) < 4.78 is 28.7. The molecule has 0 spiro atoms. The molecule has 2 unspecified atom stereocenters. The number of β-amino-alcohol motifs (C(OH)–C–C–N with tert-alkyl or cyclic N) is 1. The van der Waals surface area contributed by atoms with Gasteiger partial charge in [0.05, 0.1) is 17.1 Å². The van der Waals surface area contributed by atoms with Crippen LogP contribution in [0.5, 0.6) is 5.75 Å². The van der Waals surface area contributed by atoms with E-state index >= 15 is 0 Å². The molecule has 0 saturated carbocycles. The normalized spacial score (nSPS) is 25.3. The predicted octanol–water partition coefficient (Wildman–Crippen LogP) is 2.20. The van der Waals surface area contributed by atoms with Crippen LogP contribution < -0.4 is 4.74 Å². The SMILES string of the molecule is CC(C)CCN1CC(COc2ccc(S(C)(=O)=O)cc2)C(C)(O)C1. The minimum absolute atomic E-state index is 0.0410. The molecule has 1 aliphatic heterocycles. The molecule has 1 N–H and O–H groups in total. The molecule has 5 nitrogen and oxygen atoms in total. The van der Waals surface area contributed by atoms with Gasteiger partial charge >= 0.3 is 0 Å². The molecular weight excluding hydrogens is 326 g/mol. The first-order valence-electron chi connectivity index (χ1n) is 8.45. The van der Waals surface area contributed by atoms with Gasteiger partial charge in [0.1, 0.15) is 5.75 Å². The average Bonchev–Trinajstić information content (AvgIpc) is 2.77. The van der Waals surface area contributed by atoms with Crippen LogP contribution in [0.1, 0.15) is 27.2 Å². The highest BCUT2D eigenvalue weighted by Gasteiger charge is 2.41. The van der Waals surface area contributed by atoms with Crippen molar-refractivity contribution in [2.45, 2.75) is 37.7 Å². The molecule has 1 aromatic carbocycles. The van der Waals surface area contributed by atoms with Gasteiger partial charge in [-0.3, -0.25) is 4.90 Å². The molecular formula is C18H29NO4S.